The molecule has 2 aromatic heterocycles. The van der Waals surface area contributed by atoms with Gasteiger partial charge in [0.25, 0.3) is 0 Å². The molecule has 1 aromatic carbocycles. The molecule has 0 radical (unpaired) electrons. The standard InChI is InChI=1S/C19H18N4O/c1-13-9-16-17(10-14(13)2)23(12-21-16)19(7-6-18(24)22(19)3)15-5-4-8-20-11-15/h4-12H,1-3H3. The minimum atomic E-state index is -0.748. The molecule has 1 unspecified atom stereocenters. The average Bonchev–Trinajstić information content (AvgIpc) is 3.12. The minimum absolute atomic E-state index is 0.0375. The molecule has 1 atom stereocenters. The van der Waals surface area contributed by atoms with E-state index in [0.717, 1.165) is 16.6 Å². The van der Waals surface area contributed by atoms with Crippen molar-refractivity contribution in [3.63, 3.8) is 0 Å². The highest BCUT2D eigenvalue weighted by Gasteiger charge is 2.43. The molecule has 0 fully saturated rings. The summed E-state index contributed by atoms with van der Waals surface area (Å²) in [4.78, 5) is 22.8. The number of hydrogen-bond acceptors (Lipinski definition) is 3. The molecule has 5 nitrogen and oxygen atoms in total. The molecule has 1 amide bonds. The highest BCUT2D eigenvalue weighted by Crippen LogP contribution is 2.37. The molecule has 24 heavy (non-hydrogen) atoms. The third-order valence-electron chi connectivity index (χ3n) is 4.92. The van der Waals surface area contributed by atoms with Crippen LogP contribution in [-0.4, -0.2) is 32.4 Å². The van der Waals surface area contributed by atoms with Gasteiger partial charge in [0.05, 0.1) is 17.4 Å². The van der Waals surface area contributed by atoms with Gasteiger partial charge in [-0.15, -0.1) is 0 Å². The van der Waals surface area contributed by atoms with Crippen molar-refractivity contribution >= 4 is 16.9 Å². The van der Waals surface area contributed by atoms with E-state index in [4.69, 9.17) is 0 Å². The number of hydrogen-bond donors (Lipinski definition) is 0. The fraction of sp³-hybridized carbons (Fsp3) is 0.211. The second-order valence-electron chi connectivity index (χ2n) is 6.24. The third-order valence-corrected chi connectivity index (χ3v) is 4.92. The average molecular weight is 318 g/mol. The largest absolute Gasteiger partial charge is 0.311 e. The molecule has 0 N–H and O–H groups in total. The van der Waals surface area contributed by atoms with E-state index in [9.17, 15) is 4.79 Å². The summed E-state index contributed by atoms with van der Waals surface area (Å²) < 4.78 is 2.05. The number of pyridine rings is 1. The van der Waals surface area contributed by atoms with E-state index >= 15 is 0 Å². The molecule has 0 saturated heterocycles. The van der Waals surface area contributed by atoms with E-state index in [1.54, 1.807) is 29.7 Å². The van der Waals surface area contributed by atoms with Crippen molar-refractivity contribution in [1.29, 1.82) is 0 Å². The van der Waals surface area contributed by atoms with Gasteiger partial charge in [0.1, 0.15) is 0 Å². The molecule has 120 valence electrons. The lowest BCUT2D eigenvalue weighted by Crippen LogP contribution is -2.46. The van der Waals surface area contributed by atoms with Crippen molar-refractivity contribution in [3.8, 4) is 0 Å². The van der Waals surface area contributed by atoms with Gasteiger partial charge in [0.15, 0.2) is 5.66 Å². The fourth-order valence-corrected chi connectivity index (χ4v) is 3.37. The van der Waals surface area contributed by atoms with Gasteiger partial charge < -0.3 is 4.90 Å². The van der Waals surface area contributed by atoms with Gasteiger partial charge in [0, 0.05) is 31.1 Å². The van der Waals surface area contributed by atoms with Gasteiger partial charge in [-0.25, -0.2) is 4.98 Å². The summed E-state index contributed by atoms with van der Waals surface area (Å²) in [6.45, 7) is 4.16. The highest BCUT2D eigenvalue weighted by molar-refractivity contribution is 5.92. The lowest BCUT2D eigenvalue weighted by atomic mass is 10.00. The van der Waals surface area contributed by atoms with Crippen LogP contribution in [0.25, 0.3) is 11.0 Å². The van der Waals surface area contributed by atoms with Gasteiger partial charge in [-0.3, -0.25) is 14.3 Å². The maximum absolute atomic E-state index is 12.3. The summed E-state index contributed by atoms with van der Waals surface area (Å²) in [6.07, 6.45) is 8.86. The summed E-state index contributed by atoms with van der Waals surface area (Å²) in [5.41, 5.74) is 4.49. The second kappa shape index (κ2) is 5.03. The van der Waals surface area contributed by atoms with Crippen LogP contribution in [0, 0.1) is 13.8 Å². The van der Waals surface area contributed by atoms with Gasteiger partial charge in [-0.1, -0.05) is 6.07 Å². The van der Waals surface area contributed by atoms with Gasteiger partial charge in [0.2, 0.25) is 5.91 Å². The van der Waals surface area contributed by atoms with Crippen molar-refractivity contribution in [2.24, 2.45) is 0 Å². The van der Waals surface area contributed by atoms with Crippen LogP contribution in [0.5, 0.6) is 0 Å². The summed E-state index contributed by atoms with van der Waals surface area (Å²) >= 11 is 0. The Morgan fingerprint density at radius 2 is 1.96 bits per heavy atom. The second-order valence-corrected chi connectivity index (χ2v) is 6.24. The van der Waals surface area contributed by atoms with E-state index in [0.29, 0.717) is 0 Å². The predicted molar refractivity (Wildman–Crippen MR) is 92.4 cm³/mol. The maximum Gasteiger partial charge on any atom is 0.248 e. The first-order valence-corrected chi connectivity index (χ1v) is 7.86. The monoisotopic (exact) mass is 318 g/mol. The first-order valence-electron chi connectivity index (χ1n) is 7.86. The Hall–Kier alpha value is -2.95. The number of nitrogens with zero attached hydrogens (tertiary/aromatic N) is 4. The van der Waals surface area contributed by atoms with Crippen LogP contribution in [0.1, 0.15) is 16.7 Å². The normalized spacial score (nSPS) is 20.3. The van der Waals surface area contributed by atoms with Crippen LogP contribution in [0.3, 0.4) is 0 Å². The zero-order valence-electron chi connectivity index (χ0n) is 13.9. The van der Waals surface area contributed by atoms with Crippen LogP contribution in [0.4, 0.5) is 0 Å². The Labute approximate surface area is 140 Å². The van der Waals surface area contributed by atoms with Crippen molar-refractivity contribution in [1.82, 2.24) is 19.4 Å². The third kappa shape index (κ3) is 1.84. The minimum Gasteiger partial charge on any atom is -0.311 e. The molecule has 5 heteroatoms. The van der Waals surface area contributed by atoms with Gasteiger partial charge in [-0.05, 0) is 49.2 Å². The first kappa shape index (κ1) is 14.6. The number of likely N-dealkylation sites (N-methyl/N-ethyl adjacent to an activating group) is 1. The quantitative estimate of drug-likeness (QED) is 0.730. The van der Waals surface area contributed by atoms with Crippen LogP contribution in [-0.2, 0) is 10.5 Å². The van der Waals surface area contributed by atoms with E-state index < -0.39 is 5.66 Å². The zero-order chi connectivity index (χ0) is 16.9. The Kier molecular flexibility index (Phi) is 3.06. The van der Waals surface area contributed by atoms with Crippen LogP contribution in [0.15, 0.2) is 55.1 Å². The smallest absolute Gasteiger partial charge is 0.248 e. The van der Waals surface area contributed by atoms with E-state index in [1.807, 2.05) is 29.8 Å². The number of carbonyl (C=O) groups excluding carboxylic acids is 1. The number of carbonyl (C=O) groups is 1. The zero-order valence-corrected chi connectivity index (χ0v) is 13.9. The Balaban J connectivity index is 2.05. The predicted octanol–water partition coefficient (Wildman–Crippen LogP) is 2.78. The molecule has 1 aliphatic heterocycles. The summed E-state index contributed by atoms with van der Waals surface area (Å²) in [7, 11) is 1.81. The summed E-state index contributed by atoms with van der Waals surface area (Å²) in [5.74, 6) is -0.0375. The Morgan fingerprint density at radius 1 is 1.17 bits per heavy atom. The number of aryl methyl sites for hydroxylation is 2. The molecular formula is C19H18N4O. The number of fused-ring (bicyclic) bond motifs is 1. The Bertz CT molecular complexity index is 974. The number of rotatable bonds is 2. The molecule has 3 heterocycles. The van der Waals surface area contributed by atoms with Crippen LogP contribution >= 0.6 is 0 Å². The molecule has 4 rings (SSSR count). The number of benzene rings is 1. The van der Waals surface area contributed by atoms with Crippen molar-refractivity contribution in [2.75, 3.05) is 7.05 Å². The summed E-state index contributed by atoms with van der Waals surface area (Å²) in [5, 5.41) is 0. The van der Waals surface area contributed by atoms with Gasteiger partial charge >= 0.3 is 0 Å². The lowest BCUT2D eigenvalue weighted by Gasteiger charge is -2.37. The van der Waals surface area contributed by atoms with Crippen molar-refractivity contribution < 1.29 is 4.79 Å². The topological polar surface area (TPSA) is 51.0 Å². The number of imidazole rings is 1. The fourth-order valence-electron chi connectivity index (χ4n) is 3.37. The van der Waals surface area contributed by atoms with Crippen molar-refractivity contribution in [3.05, 3.63) is 71.8 Å². The first-order chi connectivity index (χ1) is 11.5. The molecule has 3 aromatic rings. The Morgan fingerprint density at radius 3 is 2.62 bits per heavy atom. The molecule has 0 saturated carbocycles. The maximum atomic E-state index is 12.3. The number of aromatic nitrogens is 3. The molecule has 1 aliphatic rings. The molecule has 0 aliphatic carbocycles. The molecule has 0 bridgehead atoms. The van der Waals surface area contributed by atoms with E-state index in [1.165, 1.54) is 11.1 Å². The summed E-state index contributed by atoms with van der Waals surface area (Å²) in [6, 6.07) is 8.08. The van der Waals surface area contributed by atoms with Gasteiger partial charge in [-0.2, -0.15) is 0 Å². The van der Waals surface area contributed by atoms with E-state index in [2.05, 4.69) is 35.9 Å². The van der Waals surface area contributed by atoms with E-state index in [-0.39, 0.29) is 5.91 Å². The van der Waals surface area contributed by atoms with Crippen LogP contribution < -0.4 is 0 Å². The van der Waals surface area contributed by atoms with Crippen molar-refractivity contribution in [2.45, 2.75) is 19.5 Å². The lowest BCUT2D eigenvalue weighted by molar-refractivity contribution is -0.128. The van der Waals surface area contributed by atoms with Crippen LogP contribution in [0.2, 0.25) is 0 Å². The SMILES string of the molecule is Cc1cc2ncn(C3(c4cccnc4)C=CC(=O)N3C)c2cc1C. The number of amides is 1. The highest BCUT2D eigenvalue weighted by atomic mass is 16.2. The molecule has 0 spiro atoms. The molecular weight excluding hydrogens is 300 g/mol.